The highest BCUT2D eigenvalue weighted by Crippen LogP contribution is 2.24. The third kappa shape index (κ3) is 5.43. The number of amides is 1. The van der Waals surface area contributed by atoms with Crippen LogP contribution in [0.5, 0.6) is 5.88 Å². The standard InChI is InChI=1S/C25H33N5O4S/c31-25(20-8-10-22(11-9-20)35(32,33)30-14-4-5-15-30)29-18-16-28(17-19-29)23-12-13-24(27-26-23)34-21-6-2-1-3-7-21/h8-13,21H,1-7,14-19H2. The van der Waals surface area contributed by atoms with Gasteiger partial charge in [0.15, 0.2) is 5.82 Å². The molecule has 0 N–H and O–H groups in total. The van der Waals surface area contributed by atoms with Crippen molar-refractivity contribution in [2.45, 2.75) is 55.9 Å². The number of nitrogens with zero attached hydrogens (tertiary/aromatic N) is 5. The molecule has 1 aliphatic carbocycles. The largest absolute Gasteiger partial charge is 0.473 e. The summed E-state index contributed by atoms with van der Waals surface area (Å²) in [7, 11) is -3.48. The second-order valence-corrected chi connectivity index (χ2v) is 11.5. The van der Waals surface area contributed by atoms with Crippen LogP contribution in [-0.4, -0.2) is 79.1 Å². The van der Waals surface area contributed by atoms with E-state index in [4.69, 9.17) is 4.74 Å². The van der Waals surface area contributed by atoms with E-state index in [2.05, 4.69) is 15.1 Å². The maximum Gasteiger partial charge on any atom is 0.253 e. The predicted octanol–water partition coefficient (Wildman–Crippen LogP) is 2.94. The Morgan fingerprint density at radius 3 is 2.11 bits per heavy atom. The van der Waals surface area contributed by atoms with Crippen molar-refractivity contribution in [3.05, 3.63) is 42.0 Å². The van der Waals surface area contributed by atoms with Crippen molar-refractivity contribution >= 4 is 21.7 Å². The van der Waals surface area contributed by atoms with E-state index in [9.17, 15) is 13.2 Å². The number of anilines is 1. The Labute approximate surface area is 207 Å². The van der Waals surface area contributed by atoms with Crippen LogP contribution in [0.2, 0.25) is 0 Å². The summed E-state index contributed by atoms with van der Waals surface area (Å²) < 4.78 is 32.9. The number of aromatic nitrogens is 2. The molecule has 2 saturated heterocycles. The molecule has 1 aromatic heterocycles. The van der Waals surface area contributed by atoms with Gasteiger partial charge in [-0.3, -0.25) is 4.79 Å². The van der Waals surface area contributed by atoms with Crippen LogP contribution >= 0.6 is 0 Å². The molecular weight excluding hydrogens is 466 g/mol. The molecule has 3 fully saturated rings. The zero-order valence-corrected chi connectivity index (χ0v) is 20.8. The van der Waals surface area contributed by atoms with Crippen LogP contribution in [0.3, 0.4) is 0 Å². The highest BCUT2D eigenvalue weighted by Gasteiger charge is 2.28. The van der Waals surface area contributed by atoms with Crippen LogP contribution in [0.25, 0.3) is 0 Å². The molecule has 0 bridgehead atoms. The third-order valence-corrected chi connectivity index (χ3v) is 9.07. The Morgan fingerprint density at radius 2 is 1.49 bits per heavy atom. The summed E-state index contributed by atoms with van der Waals surface area (Å²) in [5, 5.41) is 8.61. The number of carbonyl (C=O) groups is 1. The topological polar surface area (TPSA) is 95.9 Å². The fourth-order valence-electron chi connectivity index (χ4n) is 5.07. The van der Waals surface area contributed by atoms with Gasteiger partial charge in [-0.05, 0) is 68.9 Å². The molecule has 188 valence electrons. The van der Waals surface area contributed by atoms with E-state index in [1.165, 1.54) is 23.6 Å². The minimum Gasteiger partial charge on any atom is -0.473 e. The van der Waals surface area contributed by atoms with Gasteiger partial charge in [-0.25, -0.2) is 8.42 Å². The summed E-state index contributed by atoms with van der Waals surface area (Å²) >= 11 is 0. The summed E-state index contributed by atoms with van der Waals surface area (Å²) in [4.78, 5) is 17.2. The number of hydrogen-bond donors (Lipinski definition) is 0. The summed E-state index contributed by atoms with van der Waals surface area (Å²) in [6.45, 7) is 3.57. The van der Waals surface area contributed by atoms with Crippen molar-refractivity contribution in [1.82, 2.24) is 19.4 Å². The zero-order valence-electron chi connectivity index (χ0n) is 20.0. The van der Waals surface area contributed by atoms with Crippen LogP contribution in [0.4, 0.5) is 5.82 Å². The maximum absolute atomic E-state index is 13.0. The average Bonchev–Trinajstić information content (AvgIpc) is 3.46. The van der Waals surface area contributed by atoms with Crippen molar-refractivity contribution < 1.29 is 17.9 Å². The highest BCUT2D eigenvalue weighted by molar-refractivity contribution is 7.89. The lowest BCUT2D eigenvalue weighted by molar-refractivity contribution is 0.0746. The van der Waals surface area contributed by atoms with Gasteiger partial charge in [0.1, 0.15) is 6.10 Å². The molecule has 1 aromatic carbocycles. The van der Waals surface area contributed by atoms with E-state index in [0.717, 1.165) is 31.5 Å². The van der Waals surface area contributed by atoms with Crippen LogP contribution < -0.4 is 9.64 Å². The van der Waals surface area contributed by atoms with Gasteiger partial charge in [0.25, 0.3) is 5.91 Å². The first-order valence-corrected chi connectivity index (χ1v) is 14.1. The molecule has 0 atom stereocenters. The number of ether oxygens (including phenoxy) is 1. The minimum absolute atomic E-state index is 0.0860. The molecule has 0 spiro atoms. The quantitative estimate of drug-likeness (QED) is 0.603. The molecule has 1 saturated carbocycles. The monoisotopic (exact) mass is 499 g/mol. The molecule has 3 aliphatic rings. The Balaban J connectivity index is 1.14. The first-order chi connectivity index (χ1) is 17.0. The van der Waals surface area contributed by atoms with Crippen LogP contribution in [0.15, 0.2) is 41.3 Å². The lowest BCUT2D eigenvalue weighted by atomic mass is 9.98. The van der Waals surface area contributed by atoms with Crippen molar-refractivity contribution in [3.8, 4) is 5.88 Å². The fraction of sp³-hybridized carbons (Fsp3) is 0.560. The second-order valence-electron chi connectivity index (χ2n) is 9.52. The second kappa shape index (κ2) is 10.5. The Kier molecular flexibility index (Phi) is 7.19. The Morgan fingerprint density at radius 1 is 0.800 bits per heavy atom. The van der Waals surface area contributed by atoms with Crippen LogP contribution in [-0.2, 0) is 10.0 Å². The summed E-state index contributed by atoms with van der Waals surface area (Å²) in [6.07, 6.45) is 7.89. The van der Waals surface area contributed by atoms with E-state index in [-0.39, 0.29) is 16.9 Å². The normalized spacial score (nSPS) is 20.2. The van der Waals surface area contributed by atoms with Gasteiger partial charge in [0.05, 0.1) is 4.90 Å². The first kappa shape index (κ1) is 24.0. The fourth-order valence-corrected chi connectivity index (χ4v) is 6.58. The molecule has 0 unspecified atom stereocenters. The van der Waals surface area contributed by atoms with E-state index in [0.29, 0.717) is 50.7 Å². The number of benzene rings is 1. The van der Waals surface area contributed by atoms with Gasteiger partial charge in [-0.2, -0.15) is 4.31 Å². The average molecular weight is 500 g/mol. The van der Waals surface area contributed by atoms with E-state index >= 15 is 0 Å². The van der Waals surface area contributed by atoms with Gasteiger partial charge in [0, 0.05) is 50.9 Å². The summed E-state index contributed by atoms with van der Waals surface area (Å²) in [5.41, 5.74) is 0.503. The maximum atomic E-state index is 13.0. The Bertz CT molecular complexity index is 1100. The Hall–Kier alpha value is -2.72. The molecule has 3 heterocycles. The minimum atomic E-state index is -3.48. The molecule has 35 heavy (non-hydrogen) atoms. The molecule has 0 radical (unpaired) electrons. The van der Waals surface area contributed by atoms with Gasteiger partial charge >= 0.3 is 0 Å². The number of sulfonamides is 1. The molecule has 9 nitrogen and oxygen atoms in total. The van der Waals surface area contributed by atoms with Gasteiger partial charge in [0.2, 0.25) is 15.9 Å². The first-order valence-electron chi connectivity index (χ1n) is 12.7. The van der Waals surface area contributed by atoms with E-state index in [1.54, 1.807) is 29.2 Å². The number of rotatable bonds is 6. The predicted molar refractivity (Wildman–Crippen MR) is 132 cm³/mol. The number of hydrogen-bond acceptors (Lipinski definition) is 7. The van der Waals surface area contributed by atoms with Gasteiger partial charge in [-0.15, -0.1) is 10.2 Å². The summed E-state index contributed by atoms with van der Waals surface area (Å²) in [6, 6.07) is 10.1. The van der Waals surface area contributed by atoms with Crippen molar-refractivity contribution in [2.24, 2.45) is 0 Å². The third-order valence-electron chi connectivity index (χ3n) is 7.16. The van der Waals surface area contributed by atoms with Gasteiger partial charge < -0.3 is 14.5 Å². The molecule has 5 rings (SSSR count). The lowest BCUT2D eigenvalue weighted by Crippen LogP contribution is -2.49. The summed E-state index contributed by atoms with van der Waals surface area (Å²) in [5.74, 6) is 1.27. The zero-order chi connectivity index (χ0) is 24.3. The molecular formula is C25H33N5O4S. The SMILES string of the molecule is O=C(c1ccc(S(=O)(=O)N2CCCC2)cc1)N1CCN(c2ccc(OC3CCCCC3)nn2)CC1. The van der Waals surface area contributed by atoms with Crippen molar-refractivity contribution in [3.63, 3.8) is 0 Å². The number of piperazine rings is 1. The van der Waals surface area contributed by atoms with Crippen LogP contribution in [0, 0.1) is 0 Å². The van der Waals surface area contributed by atoms with E-state index in [1.807, 2.05) is 12.1 Å². The van der Waals surface area contributed by atoms with Crippen molar-refractivity contribution in [1.29, 1.82) is 0 Å². The van der Waals surface area contributed by atoms with Crippen molar-refractivity contribution in [2.75, 3.05) is 44.2 Å². The molecule has 2 aliphatic heterocycles. The van der Waals surface area contributed by atoms with Crippen LogP contribution in [0.1, 0.15) is 55.3 Å². The van der Waals surface area contributed by atoms with E-state index < -0.39 is 10.0 Å². The molecule has 10 heteroatoms. The lowest BCUT2D eigenvalue weighted by Gasteiger charge is -2.35. The number of carbonyl (C=O) groups excluding carboxylic acids is 1. The molecule has 2 aromatic rings. The smallest absolute Gasteiger partial charge is 0.253 e. The molecule has 1 amide bonds. The van der Waals surface area contributed by atoms with Gasteiger partial charge in [-0.1, -0.05) is 6.42 Å². The highest BCUT2D eigenvalue weighted by atomic mass is 32.2.